The number of hydrogen-bond acceptors (Lipinski definition) is 8. The molecule has 3 saturated heterocycles. The minimum absolute atomic E-state index is 0.00624. The summed E-state index contributed by atoms with van der Waals surface area (Å²) in [6.45, 7) is 11.3. The van der Waals surface area contributed by atoms with Gasteiger partial charge < -0.3 is 24.5 Å². The first-order valence-corrected chi connectivity index (χ1v) is 17.2. The van der Waals surface area contributed by atoms with Gasteiger partial charge in [-0.1, -0.05) is 29.5 Å². The van der Waals surface area contributed by atoms with Crippen LogP contribution in [0.3, 0.4) is 0 Å². The van der Waals surface area contributed by atoms with Crippen molar-refractivity contribution in [1.29, 1.82) is 0 Å². The van der Waals surface area contributed by atoms with E-state index in [-0.39, 0.29) is 49.3 Å². The molecule has 11 nitrogen and oxygen atoms in total. The molecule has 3 fully saturated rings. The first kappa shape index (κ1) is 32.8. The molecular formula is C35H42N6O5S. The number of amides is 3. The van der Waals surface area contributed by atoms with Crippen LogP contribution < -0.4 is 9.64 Å². The van der Waals surface area contributed by atoms with Crippen molar-refractivity contribution in [3.05, 3.63) is 73.8 Å². The predicted octanol–water partition coefficient (Wildman–Crippen LogP) is 3.89. The second-order valence-corrected chi connectivity index (χ2v) is 13.9. The van der Waals surface area contributed by atoms with Gasteiger partial charge in [0.25, 0.3) is 0 Å². The standard InChI is InChI=1S/C35H42N6O5S/c1-4-19-38(23-41-27-12-8-7-11-26(27)36-37-41)34(45)31-35-18-17-28(47-35)29(30(35)33(44)40(31)21-9-10-22-42)32(43)39(20-5-2)24-13-15-25(16-14-24)46-6-3/h4-5,7-8,11-16,28-31,42H,1-2,6,9-10,17-23H2,3H3/t28-,29+,30-,31?,35?/m0/s1. The van der Waals surface area contributed by atoms with Gasteiger partial charge in [0.15, 0.2) is 0 Å². The number of aliphatic hydroxyl groups is 1. The molecule has 47 heavy (non-hydrogen) atoms. The fraction of sp³-hybridized carbons (Fsp3) is 0.457. The Morgan fingerprint density at radius 2 is 1.87 bits per heavy atom. The van der Waals surface area contributed by atoms with Gasteiger partial charge in [-0.2, -0.15) is 0 Å². The molecule has 1 N–H and O–H groups in total. The number of benzene rings is 2. The highest BCUT2D eigenvalue weighted by atomic mass is 32.2. The number of rotatable bonds is 15. The fourth-order valence-electron chi connectivity index (χ4n) is 7.60. The summed E-state index contributed by atoms with van der Waals surface area (Å²) in [6, 6.07) is 14.2. The smallest absolute Gasteiger partial charge is 0.248 e. The zero-order valence-electron chi connectivity index (χ0n) is 26.7. The summed E-state index contributed by atoms with van der Waals surface area (Å²) in [7, 11) is 0. The summed E-state index contributed by atoms with van der Waals surface area (Å²) in [6.07, 6.45) is 5.82. The highest BCUT2D eigenvalue weighted by Gasteiger charge is 2.74. The average molecular weight is 659 g/mol. The summed E-state index contributed by atoms with van der Waals surface area (Å²) < 4.78 is 6.54. The molecule has 12 heteroatoms. The summed E-state index contributed by atoms with van der Waals surface area (Å²) in [4.78, 5) is 48.9. The number of para-hydroxylation sites is 1. The third-order valence-corrected chi connectivity index (χ3v) is 11.5. The fourth-order valence-corrected chi connectivity index (χ4v) is 9.81. The lowest BCUT2D eigenvalue weighted by Crippen LogP contribution is -2.55. The monoisotopic (exact) mass is 658 g/mol. The van der Waals surface area contributed by atoms with E-state index in [0.717, 1.165) is 17.5 Å². The van der Waals surface area contributed by atoms with E-state index in [1.54, 1.807) is 43.3 Å². The molecule has 248 valence electrons. The first-order chi connectivity index (χ1) is 22.9. The van der Waals surface area contributed by atoms with Crippen molar-refractivity contribution in [3.63, 3.8) is 0 Å². The molecule has 3 amide bonds. The number of hydrogen-bond donors (Lipinski definition) is 1. The van der Waals surface area contributed by atoms with E-state index in [2.05, 4.69) is 23.5 Å². The van der Waals surface area contributed by atoms with Gasteiger partial charge in [-0.05, 0) is 69.0 Å². The molecule has 0 saturated carbocycles. The molecule has 1 aromatic heterocycles. The highest BCUT2D eigenvalue weighted by molar-refractivity contribution is 8.02. The van der Waals surface area contributed by atoms with E-state index in [1.807, 2.05) is 55.5 Å². The molecule has 2 bridgehead atoms. The van der Waals surface area contributed by atoms with Gasteiger partial charge in [0.05, 0.1) is 28.7 Å². The van der Waals surface area contributed by atoms with Crippen molar-refractivity contribution in [3.8, 4) is 5.75 Å². The number of likely N-dealkylation sites (tertiary alicyclic amines) is 1. The van der Waals surface area contributed by atoms with Crippen LogP contribution in [0.4, 0.5) is 5.69 Å². The molecule has 2 unspecified atom stereocenters. The van der Waals surface area contributed by atoms with Gasteiger partial charge in [-0.25, -0.2) is 4.68 Å². The van der Waals surface area contributed by atoms with Crippen molar-refractivity contribution in [1.82, 2.24) is 24.8 Å². The number of thioether (sulfide) groups is 1. The maximum absolute atomic E-state index is 14.8. The second-order valence-electron chi connectivity index (χ2n) is 12.3. The van der Waals surface area contributed by atoms with Gasteiger partial charge in [-0.3, -0.25) is 14.4 Å². The Morgan fingerprint density at radius 3 is 2.60 bits per heavy atom. The lowest BCUT2D eigenvalue weighted by atomic mass is 9.70. The van der Waals surface area contributed by atoms with E-state index in [1.165, 1.54) is 0 Å². The SMILES string of the molecule is C=CCN(Cn1nnc2ccccc21)C(=O)C1N(CCCCO)C(=O)[C@@H]2[C@H](C(=O)N(CC=C)c3ccc(OCC)cc3)[C@@H]3CCC12S3. The Labute approximate surface area is 279 Å². The molecule has 5 atom stereocenters. The lowest BCUT2D eigenvalue weighted by Gasteiger charge is -2.37. The van der Waals surface area contributed by atoms with Crippen molar-refractivity contribution in [2.24, 2.45) is 11.8 Å². The highest BCUT2D eigenvalue weighted by Crippen LogP contribution is 2.66. The van der Waals surface area contributed by atoms with E-state index in [9.17, 15) is 19.5 Å². The Hall–Kier alpha value is -4.16. The largest absolute Gasteiger partial charge is 0.494 e. The summed E-state index contributed by atoms with van der Waals surface area (Å²) in [5.41, 5.74) is 2.23. The molecule has 2 aromatic carbocycles. The average Bonchev–Trinajstić information content (AvgIpc) is 3.83. The molecule has 3 aliphatic rings. The maximum Gasteiger partial charge on any atom is 0.248 e. The molecule has 0 radical (unpaired) electrons. The van der Waals surface area contributed by atoms with Crippen LogP contribution in [0.25, 0.3) is 11.0 Å². The number of nitrogens with zero attached hydrogens (tertiary/aromatic N) is 6. The molecule has 3 aliphatic heterocycles. The van der Waals surface area contributed by atoms with Crippen molar-refractivity contribution in [2.75, 3.05) is 37.7 Å². The molecule has 3 aromatic rings. The summed E-state index contributed by atoms with van der Waals surface area (Å²) >= 11 is 1.64. The zero-order valence-corrected chi connectivity index (χ0v) is 27.6. The number of fused-ring (bicyclic) bond motifs is 2. The number of aromatic nitrogens is 3. The minimum atomic E-state index is -0.764. The first-order valence-electron chi connectivity index (χ1n) is 16.3. The van der Waals surface area contributed by atoms with E-state index < -0.39 is 22.6 Å². The normalized spacial score (nSPS) is 24.4. The lowest BCUT2D eigenvalue weighted by molar-refractivity contribution is -0.143. The minimum Gasteiger partial charge on any atom is -0.494 e. The van der Waals surface area contributed by atoms with Crippen LogP contribution >= 0.6 is 11.8 Å². The van der Waals surface area contributed by atoms with Crippen LogP contribution in [-0.2, 0) is 21.1 Å². The van der Waals surface area contributed by atoms with E-state index in [0.29, 0.717) is 43.9 Å². The third kappa shape index (κ3) is 5.82. The maximum atomic E-state index is 14.8. The number of aliphatic hydroxyl groups excluding tert-OH is 1. The van der Waals surface area contributed by atoms with Gasteiger partial charge in [0, 0.05) is 37.2 Å². The predicted molar refractivity (Wildman–Crippen MR) is 182 cm³/mol. The van der Waals surface area contributed by atoms with E-state index >= 15 is 0 Å². The third-order valence-electron chi connectivity index (χ3n) is 9.55. The van der Waals surface area contributed by atoms with Gasteiger partial charge in [-0.15, -0.1) is 30.0 Å². The Morgan fingerprint density at radius 1 is 1.11 bits per heavy atom. The summed E-state index contributed by atoms with van der Waals surface area (Å²) in [5, 5.41) is 18.0. The van der Waals surface area contributed by atoms with Crippen molar-refractivity contribution >= 4 is 46.2 Å². The number of anilines is 1. The van der Waals surface area contributed by atoms with Crippen LogP contribution in [0.1, 0.15) is 32.6 Å². The topological polar surface area (TPSA) is 121 Å². The molecule has 1 spiro atoms. The second kappa shape index (κ2) is 13.9. The Balaban J connectivity index is 1.34. The van der Waals surface area contributed by atoms with E-state index in [4.69, 9.17) is 4.74 Å². The van der Waals surface area contributed by atoms with Crippen LogP contribution in [0, 0.1) is 11.8 Å². The molecule has 6 rings (SSSR count). The van der Waals surface area contributed by atoms with Crippen LogP contribution in [-0.4, -0.2) is 96.5 Å². The van der Waals surface area contributed by atoms with Gasteiger partial charge in [0.2, 0.25) is 17.7 Å². The van der Waals surface area contributed by atoms with Crippen LogP contribution in [0.2, 0.25) is 0 Å². The van der Waals surface area contributed by atoms with Crippen molar-refractivity contribution < 1.29 is 24.2 Å². The number of ether oxygens (including phenoxy) is 1. The zero-order chi connectivity index (χ0) is 33.1. The number of carbonyl (C=O) groups excluding carboxylic acids is 3. The number of unbranched alkanes of at least 4 members (excludes halogenated alkanes) is 1. The molecular weight excluding hydrogens is 616 g/mol. The number of carbonyl (C=O) groups is 3. The van der Waals surface area contributed by atoms with Crippen molar-refractivity contribution in [2.45, 2.75) is 55.3 Å². The Bertz CT molecular complexity index is 1640. The quantitative estimate of drug-likeness (QED) is 0.193. The molecule has 4 heterocycles. The van der Waals surface area contributed by atoms with Gasteiger partial charge in [0.1, 0.15) is 24.0 Å². The molecule has 0 aliphatic carbocycles. The van der Waals surface area contributed by atoms with Gasteiger partial charge >= 0.3 is 0 Å². The van der Waals surface area contributed by atoms with Crippen LogP contribution in [0.5, 0.6) is 5.75 Å². The Kier molecular flexibility index (Phi) is 9.70. The summed E-state index contributed by atoms with van der Waals surface area (Å²) in [5.74, 6) is -1.01. The van der Waals surface area contributed by atoms with Crippen LogP contribution in [0.15, 0.2) is 73.8 Å².